The van der Waals surface area contributed by atoms with Crippen LogP contribution in [0.15, 0.2) is 35.2 Å². The molecule has 3 unspecified atom stereocenters. The molecule has 47 heavy (non-hydrogen) atoms. The minimum Gasteiger partial charge on any atom is -0.481 e. The summed E-state index contributed by atoms with van der Waals surface area (Å²) in [5.41, 5.74) is -2.25. The monoisotopic (exact) mass is 670 g/mol. The Balaban J connectivity index is 1.96. The number of hydrogen-bond donors (Lipinski definition) is 4. The number of methoxy groups -OCH3 is 1. The Morgan fingerprint density at radius 1 is 0.957 bits per heavy atom. The number of benzene rings is 2. The van der Waals surface area contributed by atoms with Gasteiger partial charge in [-0.1, -0.05) is 85.1 Å². The fourth-order valence-electron chi connectivity index (χ4n) is 6.95. The lowest BCUT2D eigenvalue weighted by molar-refractivity contribution is -0.157. The molecule has 1 saturated carbocycles. The first-order valence-corrected chi connectivity index (χ1v) is 17.4. The lowest BCUT2D eigenvalue weighted by Crippen LogP contribution is -2.48. The lowest BCUT2D eigenvalue weighted by Gasteiger charge is -2.39. The third-order valence-corrected chi connectivity index (χ3v) is 9.91. The largest absolute Gasteiger partial charge is 0.481 e. The van der Waals surface area contributed by atoms with Crippen molar-refractivity contribution >= 4 is 44.9 Å². The van der Waals surface area contributed by atoms with E-state index in [1.165, 1.54) is 19.2 Å². The fourth-order valence-corrected chi connectivity index (χ4v) is 7.63. The molecule has 0 saturated heterocycles. The molecule has 2 aliphatic carbocycles. The number of nitrogens with one attached hydrogen (secondary N) is 2. The second kappa shape index (κ2) is 13.5. The Kier molecular flexibility index (Phi) is 10.4. The molecule has 3 atom stereocenters. The van der Waals surface area contributed by atoms with Crippen molar-refractivity contribution in [2.45, 2.75) is 97.1 Å². The molecule has 256 valence electrons. The molecule has 11 nitrogen and oxygen atoms in total. The van der Waals surface area contributed by atoms with E-state index in [2.05, 4.69) is 10.6 Å². The predicted molar refractivity (Wildman–Crippen MR) is 178 cm³/mol. The predicted octanol–water partition coefficient (Wildman–Crippen LogP) is 6.21. The molecular formula is C35H46N2O9S. The van der Waals surface area contributed by atoms with E-state index < -0.39 is 67.5 Å². The third kappa shape index (κ3) is 7.76. The summed E-state index contributed by atoms with van der Waals surface area (Å²) in [7, 11) is -3.72. The van der Waals surface area contributed by atoms with Gasteiger partial charge in [0.1, 0.15) is 4.90 Å². The average molecular weight is 671 g/mol. The van der Waals surface area contributed by atoms with E-state index in [4.69, 9.17) is 4.74 Å². The molecule has 2 aromatic carbocycles. The minimum atomic E-state index is -5.10. The maximum absolute atomic E-state index is 14.4. The molecule has 0 spiro atoms. The molecule has 0 aromatic heterocycles. The standard InChI is InChI=1S/C35H46N2O9S/c1-34(2,3)18-23(46-7)26(33(41)42)28(35(4,5)6)32(40)37-29-24(47(43,44)45)17-22(36-19-13-9-8-10-14-19)25-27(29)31(39)21-16-12-11-15-20(21)30(25)38/h11-12,15-17,19,23,26,28,36H,8-10,13-14,18H2,1-7H3,(H,37,40)(H,41,42)(H,43,44,45). The number of carbonyl (C=O) groups is 4. The van der Waals surface area contributed by atoms with Gasteiger partial charge in [0.05, 0.1) is 34.8 Å². The van der Waals surface area contributed by atoms with E-state index in [1.807, 2.05) is 20.8 Å². The number of carboxylic acid groups (broad SMARTS) is 1. The highest BCUT2D eigenvalue weighted by Gasteiger charge is 2.48. The highest BCUT2D eigenvalue weighted by Crippen LogP contribution is 2.44. The van der Waals surface area contributed by atoms with Crippen LogP contribution >= 0.6 is 0 Å². The number of hydrogen-bond acceptors (Lipinski definition) is 8. The van der Waals surface area contributed by atoms with Crippen molar-refractivity contribution in [1.82, 2.24) is 0 Å². The van der Waals surface area contributed by atoms with Crippen molar-refractivity contribution in [3.05, 3.63) is 52.6 Å². The van der Waals surface area contributed by atoms with Gasteiger partial charge < -0.3 is 20.5 Å². The quantitative estimate of drug-likeness (QED) is 0.182. The second-order valence-corrected chi connectivity index (χ2v) is 16.3. The maximum atomic E-state index is 14.4. The van der Waals surface area contributed by atoms with E-state index in [9.17, 15) is 37.3 Å². The number of ketones is 2. The van der Waals surface area contributed by atoms with Gasteiger partial charge >= 0.3 is 5.97 Å². The van der Waals surface area contributed by atoms with Gasteiger partial charge in [-0.25, -0.2) is 0 Å². The lowest BCUT2D eigenvalue weighted by atomic mass is 9.68. The minimum absolute atomic E-state index is 0.0111. The van der Waals surface area contributed by atoms with Gasteiger partial charge in [0.25, 0.3) is 10.1 Å². The van der Waals surface area contributed by atoms with Crippen LogP contribution in [0.25, 0.3) is 0 Å². The zero-order valence-electron chi connectivity index (χ0n) is 28.1. The van der Waals surface area contributed by atoms with E-state index in [-0.39, 0.29) is 45.8 Å². The molecule has 1 amide bonds. The summed E-state index contributed by atoms with van der Waals surface area (Å²) in [4.78, 5) is 54.7. The van der Waals surface area contributed by atoms with Crippen LogP contribution in [0.5, 0.6) is 0 Å². The first-order valence-electron chi connectivity index (χ1n) is 16.0. The molecule has 0 radical (unpaired) electrons. The van der Waals surface area contributed by atoms with E-state index >= 15 is 0 Å². The first-order chi connectivity index (χ1) is 21.8. The number of carboxylic acids is 1. The molecular weight excluding hydrogens is 624 g/mol. The Morgan fingerprint density at radius 2 is 1.51 bits per heavy atom. The fraction of sp³-hybridized carbons (Fsp3) is 0.543. The first kappa shape index (κ1) is 36.2. The Hall–Kier alpha value is -3.61. The summed E-state index contributed by atoms with van der Waals surface area (Å²) in [5.74, 6) is -6.15. The van der Waals surface area contributed by atoms with Crippen LogP contribution in [0.3, 0.4) is 0 Å². The molecule has 4 N–H and O–H groups in total. The molecule has 12 heteroatoms. The highest BCUT2D eigenvalue weighted by molar-refractivity contribution is 7.86. The summed E-state index contributed by atoms with van der Waals surface area (Å²) in [5, 5.41) is 16.3. The van der Waals surface area contributed by atoms with Gasteiger partial charge in [-0.2, -0.15) is 8.42 Å². The van der Waals surface area contributed by atoms with Crippen molar-refractivity contribution in [3.63, 3.8) is 0 Å². The topological polar surface area (TPSA) is 176 Å². The maximum Gasteiger partial charge on any atom is 0.309 e. The highest BCUT2D eigenvalue weighted by atomic mass is 32.2. The van der Waals surface area contributed by atoms with Crippen molar-refractivity contribution in [2.75, 3.05) is 17.7 Å². The molecule has 4 rings (SSSR count). The number of amides is 1. The van der Waals surface area contributed by atoms with Crippen molar-refractivity contribution < 1.29 is 42.0 Å². The second-order valence-electron chi connectivity index (χ2n) is 14.9. The number of rotatable bonds is 10. The van der Waals surface area contributed by atoms with Gasteiger partial charge in [-0.05, 0) is 36.2 Å². The smallest absolute Gasteiger partial charge is 0.309 e. The van der Waals surface area contributed by atoms with E-state index in [1.54, 1.807) is 32.9 Å². The van der Waals surface area contributed by atoms with Gasteiger partial charge in [0.15, 0.2) is 11.6 Å². The van der Waals surface area contributed by atoms with Crippen LogP contribution in [0, 0.1) is 22.7 Å². The van der Waals surface area contributed by atoms with Crippen LogP contribution in [-0.4, -0.2) is 60.8 Å². The summed E-state index contributed by atoms with van der Waals surface area (Å²) in [6.45, 7) is 10.8. The molecule has 0 bridgehead atoms. The summed E-state index contributed by atoms with van der Waals surface area (Å²) in [6, 6.07) is 7.09. The molecule has 0 heterocycles. The van der Waals surface area contributed by atoms with E-state index in [0.717, 1.165) is 38.2 Å². The van der Waals surface area contributed by atoms with E-state index in [0.29, 0.717) is 0 Å². The third-order valence-electron chi connectivity index (χ3n) is 9.03. The van der Waals surface area contributed by atoms with Crippen molar-refractivity contribution in [3.8, 4) is 0 Å². The molecule has 1 fully saturated rings. The Bertz CT molecular complexity index is 1680. The zero-order chi connectivity index (χ0) is 35.1. The van der Waals surface area contributed by atoms with Crippen molar-refractivity contribution in [1.29, 1.82) is 0 Å². The van der Waals surface area contributed by atoms with Crippen LogP contribution in [-0.2, 0) is 24.4 Å². The number of aliphatic carboxylic acids is 1. The SMILES string of the molecule is COC(CC(C)(C)C)C(C(=O)O)C(C(=O)Nc1c(S(=O)(=O)O)cc(NC2CCCCC2)c2c1C(=O)c1ccccc1C2=O)C(C)(C)C. The number of carbonyl (C=O) groups excluding carboxylic acids is 3. The van der Waals surface area contributed by atoms with Crippen LogP contribution in [0.1, 0.15) is 112 Å². The van der Waals surface area contributed by atoms with Crippen LogP contribution in [0.4, 0.5) is 11.4 Å². The zero-order valence-corrected chi connectivity index (χ0v) is 28.9. The van der Waals surface area contributed by atoms with Crippen LogP contribution in [0.2, 0.25) is 0 Å². The Labute approximate surface area is 276 Å². The number of anilines is 2. The average Bonchev–Trinajstić information content (AvgIpc) is 2.96. The van der Waals surface area contributed by atoms with Gasteiger partial charge in [-0.3, -0.25) is 23.7 Å². The molecule has 2 aliphatic rings. The summed E-state index contributed by atoms with van der Waals surface area (Å²) in [6.07, 6.45) is 3.77. The van der Waals surface area contributed by atoms with Crippen molar-refractivity contribution in [2.24, 2.45) is 22.7 Å². The normalized spacial score (nSPS) is 17.7. The van der Waals surface area contributed by atoms with Gasteiger partial charge in [-0.15, -0.1) is 0 Å². The van der Waals surface area contributed by atoms with Gasteiger partial charge in [0.2, 0.25) is 5.91 Å². The van der Waals surface area contributed by atoms with Crippen LogP contribution < -0.4 is 10.6 Å². The Morgan fingerprint density at radius 3 is 1.98 bits per heavy atom. The molecule has 2 aromatic rings. The molecule has 0 aliphatic heterocycles. The number of ether oxygens (including phenoxy) is 1. The number of fused-ring (bicyclic) bond motifs is 2. The van der Waals surface area contributed by atoms with Gasteiger partial charge in [0, 0.05) is 30.0 Å². The summed E-state index contributed by atoms with van der Waals surface area (Å²) < 4.78 is 42.1. The summed E-state index contributed by atoms with van der Waals surface area (Å²) >= 11 is 0.